The van der Waals surface area contributed by atoms with Gasteiger partial charge in [0, 0.05) is 41.8 Å². The van der Waals surface area contributed by atoms with Crippen LogP contribution in [0.25, 0.3) is 28.3 Å². The summed E-state index contributed by atoms with van der Waals surface area (Å²) in [6.45, 7) is 5.23. The molecule has 11 heteroatoms. The molecule has 32 heavy (non-hydrogen) atoms. The van der Waals surface area contributed by atoms with E-state index in [-0.39, 0.29) is 17.1 Å². The Balaban J connectivity index is 1.48. The molecule has 0 unspecified atom stereocenters. The third kappa shape index (κ3) is 3.39. The van der Waals surface area contributed by atoms with Crippen molar-refractivity contribution in [1.29, 1.82) is 0 Å². The van der Waals surface area contributed by atoms with Gasteiger partial charge in [-0.15, -0.1) is 5.10 Å². The highest BCUT2D eigenvalue weighted by Crippen LogP contribution is 2.26. The van der Waals surface area contributed by atoms with Crippen molar-refractivity contribution in [2.24, 2.45) is 0 Å². The molecule has 10 nitrogen and oxygen atoms in total. The molecule has 1 amide bonds. The van der Waals surface area contributed by atoms with Crippen LogP contribution in [0.15, 0.2) is 41.2 Å². The summed E-state index contributed by atoms with van der Waals surface area (Å²) in [5.41, 5.74) is 3.52. The molecule has 5 aromatic rings. The minimum absolute atomic E-state index is 0.102. The van der Waals surface area contributed by atoms with E-state index in [4.69, 9.17) is 4.42 Å². The first kappa shape index (κ1) is 19.5. The minimum atomic E-state index is -0.531. The molecular weight excluding hydrogens is 415 g/mol. The number of benzene rings is 1. The van der Waals surface area contributed by atoms with Crippen molar-refractivity contribution in [1.82, 2.24) is 34.8 Å². The van der Waals surface area contributed by atoms with Crippen LogP contribution in [0.4, 0.5) is 10.1 Å². The Labute approximate surface area is 180 Å². The van der Waals surface area contributed by atoms with Crippen molar-refractivity contribution in [2.45, 2.75) is 20.8 Å². The SMILES string of the molecule is Cc1nc(C)c(C(=O)Nc2ccc(F)c(-c3nc4ncc(-c5cn[nH]c5C)cn4n3)c2)o1. The van der Waals surface area contributed by atoms with Crippen LogP contribution in [0.3, 0.4) is 0 Å². The average molecular weight is 432 g/mol. The topological polar surface area (TPSA) is 127 Å². The Bertz CT molecular complexity index is 1480. The van der Waals surface area contributed by atoms with Crippen molar-refractivity contribution < 1.29 is 13.6 Å². The molecule has 1 aromatic carbocycles. The maximum atomic E-state index is 14.6. The Kier molecular flexibility index (Phi) is 4.51. The van der Waals surface area contributed by atoms with Gasteiger partial charge in [-0.1, -0.05) is 0 Å². The van der Waals surface area contributed by atoms with Crippen LogP contribution in [0, 0.1) is 26.6 Å². The number of hydrogen-bond acceptors (Lipinski definition) is 7. The van der Waals surface area contributed by atoms with E-state index in [2.05, 4.69) is 35.6 Å². The molecule has 0 bridgehead atoms. The summed E-state index contributed by atoms with van der Waals surface area (Å²) in [4.78, 5) is 25.2. The molecule has 5 rings (SSSR count). The van der Waals surface area contributed by atoms with E-state index in [1.807, 2.05) is 6.92 Å². The fraction of sp³-hybridized carbons (Fsp3) is 0.143. The van der Waals surface area contributed by atoms with Gasteiger partial charge in [0.2, 0.25) is 5.76 Å². The summed E-state index contributed by atoms with van der Waals surface area (Å²) in [7, 11) is 0. The summed E-state index contributed by atoms with van der Waals surface area (Å²) in [5, 5.41) is 13.9. The standard InChI is InChI=1S/C21H17FN8O2/c1-10-16(8-24-28-10)13-7-23-21-27-19(29-30(21)9-13)15-6-14(4-5-17(15)22)26-20(31)18-11(2)25-12(3)32-18/h4-9H,1-3H3,(H,24,28)(H,26,31). The van der Waals surface area contributed by atoms with Crippen LogP contribution in [0.5, 0.6) is 0 Å². The lowest BCUT2D eigenvalue weighted by atomic mass is 10.1. The third-order valence-electron chi connectivity index (χ3n) is 4.91. The van der Waals surface area contributed by atoms with E-state index >= 15 is 0 Å². The number of nitrogens with zero attached hydrogens (tertiary/aromatic N) is 6. The first-order valence-corrected chi connectivity index (χ1v) is 9.67. The molecule has 0 aliphatic rings. The Morgan fingerprint density at radius 3 is 2.72 bits per heavy atom. The lowest BCUT2D eigenvalue weighted by Crippen LogP contribution is -2.12. The second-order valence-corrected chi connectivity index (χ2v) is 7.23. The molecular formula is C21H17FN8O2. The quantitative estimate of drug-likeness (QED) is 0.445. The fourth-order valence-electron chi connectivity index (χ4n) is 3.38. The van der Waals surface area contributed by atoms with Crippen LogP contribution in [0.2, 0.25) is 0 Å². The zero-order valence-corrected chi connectivity index (χ0v) is 17.3. The number of oxazole rings is 1. The van der Waals surface area contributed by atoms with Gasteiger partial charge in [0.25, 0.3) is 11.7 Å². The van der Waals surface area contributed by atoms with Crippen LogP contribution in [-0.2, 0) is 0 Å². The number of halogens is 1. The zero-order chi connectivity index (χ0) is 22.4. The number of fused-ring (bicyclic) bond motifs is 1. The van der Waals surface area contributed by atoms with Gasteiger partial charge < -0.3 is 9.73 Å². The van der Waals surface area contributed by atoms with E-state index in [0.717, 1.165) is 16.8 Å². The summed E-state index contributed by atoms with van der Waals surface area (Å²) in [5.74, 6) is -0.0726. The van der Waals surface area contributed by atoms with Crippen molar-refractivity contribution in [3.05, 3.63) is 65.6 Å². The minimum Gasteiger partial charge on any atom is -0.436 e. The molecule has 0 atom stereocenters. The van der Waals surface area contributed by atoms with E-state index in [9.17, 15) is 9.18 Å². The number of H-pyrrole nitrogens is 1. The van der Waals surface area contributed by atoms with E-state index in [0.29, 0.717) is 23.0 Å². The Hall–Kier alpha value is -4.41. The van der Waals surface area contributed by atoms with E-state index in [1.165, 1.54) is 22.7 Å². The summed E-state index contributed by atoms with van der Waals surface area (Å²) in [6, 6.07) is 4.15. The molecule has 0 fully saturated rings. The van der Waals surface area contributed by atoms with Crippen LogP contribution < -0.4 is 5.32 Å². The summed E-state index contributed by atoms with van der Waals surface area (Å²) >= 11 is 0. The maximum Gasteiger partial charge on any atom is 0.293 e. The number of aromatic amines is 1. The number of carbonyl (C=O) groups excluding carboxylic acids is 1. The lowest BCUT2D eigenvalue weighted by Gasteiger charge is -2.06. The highest BCUT2D eigenvalue weighted by molar-refractivity contribution is 6.03. The second-order valence-electron chi connectivity index (χ2n) is 7.23. The lowest BCUT2D eigenvalue weighted by molar-refractivity contribution is 0.0994. The molecule has 0 spiro atoms. The molecule has 4 heterocycles. The predicted molar refractivity (Wildman–Crippen MR) is 112 cm³/mol. The number of amides is 1. The maximum absolute atomic E-state index is 14.6. The second kappa shape index (κ2) is 7.38. The smallest absolute Gasteiger partial charge is 0.293 e. The highest BCUT2D eigenvalue weighted by atomic mass is 19.1. The van der Waals surface area contributed by atoms with Crippen molar-refractivity contribution in [2.75, 3.05) is 5.32 Å². The number of hydrogen-bond donors (Lipinski definition) is 2. The van der Waals surface area contributed by atoms with Gasteiger partial charge in [-0.3, -0.25) is 9.89 Å². The van der Waals surface area contributed by atoms with Gasteiger partial charge in [-0.25, -0.2) is 18.9 Å². The van der Waals surface area contributed by atoms with Gasteiger partial charge in [-0.05, 0) is 32.0 Å². The summed E-state index contributed by atoms with van der Waals surface area (Å²) in [6.07, 6.45) is 5.09. The number of nitrogens with one attached hydrogen (secondary N) is 2. The first-order chi connectivity index (χ1) is 15.4. The fourth-order valence-corrected chi connectivity index (χ4v) is 3.38. The zero-order valence-electron chi connectivity index (χ0n) is 17.3. The predicted octanol–water partition coefficient (Wildman–Crippen LogP) is 3.49. The van der Waals surface area contributed by atoms with E-state index in [1.54, 1.807) is 32.4 Å². The number of anilines is 1. The highest BCUT2D eigenvalue weighted by Gasteiger charge is 2.18. The Morgan fingerprint density at radius 1 is 1.16 bits per heavy atom. The van der Waals surface area contributed by atoms with Crippen LogP contribution in [0.1, 0.15) is 27.8 Å². The van der Waals surface area contributed by atoms with Gasteiger partial charge in [-0.2, -0.15) is 10.1 Å². The molecule has 0 radical (unpaired) electrons. The molecule has 0 aliphatic carbocycles. The van der Waals surface area contributed by atoms with Gasteiger partial charge in [0.1, 0.15) is 5.82 Å². The van der Waals surface area contributed by atoms with Gasteiger partial charge in [0.15, 0.2) is 11.7 Å². The first-order valence-electron chi connectivity index (χ1n) is 9.67. The molecule has 0 aliphatic heterocycles. The third-order valence-corrected chi connectivity index (χ3v) is 4.91. The van der Waals surface area contributed by atoms with Crippen molar-refractivity contribution in [3.63, 3.8) is 0 Å². The number of carbonyl (C=O) groups is 1. The Morgan fingerprint density at radius 2 is 2.00 bits per heavy atom. The molecule has 2 N–H and O–H groups in total. The number of aryl methyl sites for hydroxylation is 3. The molecule has 4 aromatic heterocycles. The van der Waals surface area contributed by atoms with Gasteiger partial charge in [0.05, 0.1) is 17.5 Å². The number of aromatic nitrogens is 7. The van der Waals surface area contributed by atoms with Crippen molar-refractivity contribution >= 4 is 17.4 Å². The molecule has 0 saturated carbocycles. The largest absolute Gasteiger partial charge is 0.436 e. The monoisotopic (exact) mass is 432 g/mol. The van der Waals surface area contributed by atoms with Crippen molar-refractivity contribution in [3.8, 4) is 22.5 Å². The normalized spacial score (nSPS) is 11.2. The average Bonchev–Trinajstić information content (AvgIpc) is 3.46. The van der Waals surface area contributed by atoms with E-state index < -0.39 is 11.7 Å². The number of rotatable bonds is 4. The summed E-state index contributed by atoms with van der Waals surface area (Å²) < 4.78 is 21.4. The molecule has 0 saturated heterocycles. The van der Waals surface area contributed by atoms with Crippen LogP contribution >= 0.6 is 0 Å². The van der Waals surface area contributed by atoms with Crippen LogP contribution in [-0.4, -0.2) is 40.7 Å². The van der Waals surface area contributed by atoms with Gasteiger partial charge >= 0.3 is 0 Å². The molecule has 160 valence electrons.